The highest BCUT2D eigenvalue weighted by molar-refractivity contribution is 5.82. The van der Waals surface area contributed by atoms with E-state index in [0.717, 1.165) is 0 Å². The van der Waals surface area contributed by atoms with Gasteiger partial charge in [-0.1, -0.05) is 0 Å². The number of alkyl halides is 3. The number of carbonyl (C=O) groups is 2. The van der Waals surface area contributed by atoms with Gasteiger partial charge in [0.2, 0.25) is 0 Å². The molecule has 23 heavy (non-hydrogen) atoms. The number of hydrogen-bond donors (Lipinski definition) is 1. The van der Waals surface area contributed by atoms with E-state index in [1.54, 1.807) is 20.8 Å². The smallest absolute Gasteiger partial charge is 0.444 e. The van der Waals surface area contributed by atoms with Crippen molar-refractivity contribution in [2.45, 2.75) is 38.7 Å². The van der Waals surface area contributed by atoms with Crippen LogP contribution in [0.2, 0.25) is 0 Å². The lowest BCUT2D eigenvalue weighted by Gasteiger charge is -2.48. The number of rotatable bonds is 0. The van der Waals surface area contributed by atoms with Gasteiger partial charge < -0.3 is 19.6 Å². The summed E-state index contributed by atoms with van der Waals surface area (Å²) in [5, 5.41) is 10.1. The molecule has 9 heteroatoms. The fraction of sp³-hybridized carbons (Fsp3) is 0.857. The molecule has 0 aromatic rings. The lowest BCUT2D eigenvalue weighted by Crippen LogP contribution is -2.63. The van der Waals surface area contributed by atoms with E-state index in [2.05, 4.69) is 0 Å². The molecule has 0 aromatic carbocycles. The summed E-state index contributed by atoms with van der Waals surface area (Å²) >= 11 is 0. The molecule has 0 spiro atoms. The Kier molecular flexibility index (Phi) is 4.53. The first kappa shape index (κ1) is 17.8. The quantitative estimate of drug-likeness (QED) is 0.721. The van der Waals surface area contributed by atoms with Crippen LogP contribution in [-0.4, -0.2) is 71.0 Å². The number of ether oxygens (including phenoxy) is 1. The molecule has 0 saturated carbocycles. The highest BCUT2D eigenvalue weighted by Crippen LogP contribution is 2.32. The van der Waals surface area contributed by atoms with Crippen molar-refractivity contribution >= 4 is 12.0 Å². The van der Waals surface area contributed by atoms with Gasteiger partial charge in [0.15, 0.2) is 0 Å². The van der Waals surface area contributed by atoms with Crippen molar-refractivity contribution in [3.63, 3.8) is 0 Å². The number of halogens is 3. The summed E-state index contributed by atoms with van der Waals surface area (Å²) < 4.78 is 42.9. The minimum Gasteiger partial charge on any atom is -0.444 e. The first-order valence-corrected chi connectivity index (χ1v) is 7.40. The van der Waals surface area contributed by atoms with Crippen LogP contribution in [0.4, 0.5) is 18.0 Å². The maximum Gasteiger partial charge on any atom is 0.471 e. The van der Waals surface area contributed by atoms with Crippen LogP contribution in [0.15, 0.2) is 0 Å². The second kappa shape index (κ2) is 5.85. The zero-order valence-corrected chi connectivity index (χ0v) is 13.3. The molecule has 2 aliphatic heterocycles. The Morgan fingerprint density at radius 3 is 1.83 bits per heavy atom. The zero-order valence-electron chi connectivity index (χ0n) is 13.3. The maximum atomic E-state index is 12.6. The van der Waals surface area contributed by atoms with Gasteiger partial charge in [0.05, 0.1) is 6.10 Å². The van der Waals surface area contributed by atoms with E-state index in [0.29, 0.717) is 4.90 Å². The Hall–Kier alpha value is -1.51. The molecular formula is C14H21F3N2O4. The maximum absolute atomic E-state index is 12.6. The number of aliphatic hydroxyl groups is 1. The van der Waals surface area contributed by atoms with Crippen molar-refractivity contribution < 1.29 is 32.6 Å². The molecule has 0 aliphatic carbocycles. The lowest BCUT2D eigenvalue weighted by molar-refractivity contribution is -0.192. The molecule has 2 aliphatic rings. The Morgan fingerprint density at radius 1 is 1.00 bits per heavy atom. The summed E-state index contributed by atoms with van der Waals surface area (Å²) in [6.45, 7) is 4.82. The molecule has 0 aromatic heterocycles. The molecule has 132 valence electrons. The molecule has 0 radical (unpaired) electrons. The minimum atomic E-state index is -4.93. The van der Waals surface area contributed by atoms with Gasteiger partial charge in [0, 0.05) is 38.0 Å². The van der Waals surface area contributed by atoms with E-state index in [1.807, 2.05) is 0 Å². The van der Waals surface area contributed by atoms with Crippen molar-refractivity contribution in [1.29, 1.82) is 0 Å². The van der Waals surface area contributed by atoms with Crippen LogP contribution < -0.4 is 0 Å². The van der Waals surface area contributed by atoms with E-state index in [1.165, 1.54) is 4.90 Å². The van der Waals surface area contributed by atoms with Crippen LogP contribution in [0.3, 0.4) is 0 Å². The average molecular weight is 338 g/mol. The third kappa shape index (κ3) is 4.07. The molecule has 2 amide bonds. The van der Waals surface area contributed by atoms with Crippen LogP contribution in [0, 0.1) is 11.8 Å². The monoisotopic (exact) mass is 338 g/mol. The van der Waals surface area contributed by atoms with Crippen molar-refractivity contribution in [3.05, 3.63) is 0 Å². The topological polar surface area (TPSA) is 70.1 Å². The summed E-state index contributed by atoms with van der Waals surface area (Å²) in [6, 6.07) is 0. The molecule has 6 nitrogen and oxygen atoms in total. The van der Waals surface area contributed by atoms with E-state index in [9.17, 15) is 27.9 Å². The van der Waals surface area contributed by atoms with E-state index < -0.39 is 41.7 Å². The fourth-order valence-corrected chi connectivity index (χ4v) is 3.03. The third-order valence-corrected chi connectivity index (χ3v) is 3.97. The lowest BCUT2D eigenvalue weighted by atomic mass is 9.81. The number of fused-ring (bicyclic) bond motifs is 2. The predicted octanol–water partition coefficient (Wildman–Crippen LogP) is 1.23. The summed E-state index contributed by atoms with van der Waals surface area (Å²) in [6.07, 6.45) is -6.32. The predicted molar refractivity (Wildman–Crippen MR) is 73.4 cm³/mol. The van der Waals surface area contributed by atoms with Gasteiger partial charge in [-0.25, -0.2) is 4.79 Å². The van der Waals surface area contributed by atoms with Crippen LogP contribution in [0.25, 0.3) is 0 Å². The van der Waals surface area contributed by atoms with Gasteiger partial charge in [-0.15, -0.1) is 0 Å². The molecule has 3 atom stereocenters. The van der Waals surface area contributed by atoms with Crippen molar-refractivity contribution in [2.24, 2.45) is 11.8 Å². The van der Waals surface area contributed by atoms with Gasteiger partial charge in [-0.05, 0) is 20.8 Å². The van der Waals surface area contributed by atoms with E-state index >= 15 is 0 Å². The third-order valence-electron chi connectivity index (χ3n) is 3.97. The SMILES string of the molecule is CC(C)(C)OC(=O)N1C[C@@H]2CN(C(=O)C(F)(F)F)C[C@H](C1)C2O. The standard InChI is InChI=1S/C14H21F3N2O4/c1-13(2,3)23-12(22)19-6-8-4-18(11(21)14(15,16)17)5-9(7-19)10(8)20/h8-10,20H,4-7H2,1-3H3/t8-,9+,10?. The van der Waals surface area contributed by atoms with Gasteiger partial charge in [-0.2, -0.15) is 13.2 Å². The number of nitrogens with zero attached hydrogens (tertiary/aromatic N) is 2. The molecule has 2 heterocycles. The van der Waals surface area contributed by atoms with Crippen molar-refractivity contribution in [3.8, 4) is 0 Å². The van der Waals surface area contributed by atoms with Crippen LogP contribution in [-0.2, 0) is 9.53 Å². The number of carbonyl (C=O) groups excluding carboxylic acids is 2. The van der Waals surface area contributed by atoms with Gasteiger partial charge in [0.1, 0.15) is 5.60 Å². The summed E-state index contributed by atoms with van der Waals surface area (Å²) in [7, 11) is 0. The highest BCUT2D eigenvalue weighted by atomic mass is 19.4. The van der Waals surface area contributed by atoms with E-state index in [4.69, 9.17) is 4.74 Å². The fourth-order valence-electron chi connectivity index (χ4n) is 3.03. The second-order valence-corrected chi connectivity index (χ2v) is 7.10. The Bertz CT molecular complexity index is 473. The van der Waals surface area contributed by atoms with E-state index in [-0.39, 0.29) is 26.2 Å². The number of piperidine rings is 2. The minimum absolute atomic E-state index is 0.0637. The molecule has 2 rings (SSSR count). The van der Waals surface area contributed by atoms with Gasteiger partial charge in [0.25, 0.3) is 0 Å². The second-order valence-electron chi connectivity index (χ2n) is 7.10. The molecule has 2 fully saturated rings. The number of aliphatic hydroxyl groups excluding tert-OH is 1. The molecule has 1 N–H and O–H groups in total. The van der Waals surface area contributed by atoms with Crippen LogP contribution in [0.1, 0.15) is 20.8 Å². The highest BCUT2D eigenvalue weighted by Gasteiger charge is 2.50. The Morgan fingerprint density at radius 2 is 1.43 bits per heavy atom. The number of hydrogen-bond acceptors (Lipinski definition) is 4. The van der Waals surface area contributed by atoms with Gasteiger partial charge in [-0.3, -0.25) is 4.79 Å². The normalized spacial score (nSPS) is 28.6. The molecule has 1 unspecified atom stereocenters. The summed E-state index contributed by atoms with van der Waals surface area (Å²) in [5.41, 5.74) is -0.680. The van der Waals surface area contributed by atoms with Crippen LogP contribution >= 0.6 is 0 Å². The average Bonchev–Trinajstić information content (AvgIpc) is 2.34. The summed E-state index contributed by atoms with van der Waals surface area (Å²) in [4.78, 5) is 25.6. The number of amides is 2. The molecule has 2 saturated heterocycles. The number of likely N-dealkylation sites (tertiary alicyclic amines) is 2. The first-order chi connectivity index (χ1) is 10.4. The van der Waals surface area contributed by atoms with Crippen molar-refractivity contribution in [1.82, 2.24) is 9.80 Å². The largest absolute Gasteiger partial charge is 0.471 e. The Balaban J connectivity index is 2.05. The van der Waals surface area contributed by atoms with Crippen LogP contribution in [0.5, 0.6) is 0 Å². The zero-order chi connectivity index (χ0) is 17.6. The van der Waals surface area contributed by atoms with Crippen molar-refractivity contribution in [2.75, 3.05) is 26.2 Å². The Labute approximate surface area is 132 Å². The molecular weight excluding hydrogens is 317 g/mol. The van der Waals surface area contributed by atoms with Gasteiger partial charge >= 0.3 is 18.2 Å². The molecule has 2 bridgehead atoms. The first-order valence-electron chi connectivity index (χ1n) is 7.40. The summed E-state index contributed by atoms with van der Waals surface area (Å²) in [5.74, 6) is -3.12.